The SMILES string of the molecule is CSc1nc2nc(C)c(CCC(=O)NN3C(=O)NC4(CCCCC4)C3=O)c(C)n2n1. The molecule has 11 heteroatoms. The van der Waals surface area contributed by atoms with Crippen LogP contribution in [0.1, 0.15) is 55.5 Å². The number of carbonyl (C=O) groups is 3. The number of urea groups is 1. The highest BCUT2D eigenvalue weighted by molar-refractivity contribution is 7.98. The minimum Gasteiger partial charge on any atom is -0.322 e. The maximum absolute atomic E-state index is 12.8. The minimum atomic E-state index is -0.854. The normalized spacial score (nSPS) is 18.3. The first-order valence-electron chi connectivity index (χ1n) is 10.1. The molecule has 4 amide bonds. The number of nitrogens with zero attached hydrogens (tertiary/aromatic N) is 5. The van der Waals surface area contributed by atoms with Crippen LogP contribution in [0.15, 0.2) is 5.16 Å². The number of carbonyl (C=O) groups excluding carboxylic acids is 3. The monoisotopic (exact) mass is 431 g/mol. The summed E-state index contributed by atoms with van der Waals surface area (Å²) in [4.78, 5) is 46.4. The van der Waals surface area contributed by atoms with Crippen LogP contribution in [0, 0.1) is 13.8 Å². The molecule has 0 radical (unpaired) electrons. The molecule has 1 saturated heterocycles. The summed E-state index contributed by atoms with van der Waals surface area (Å²) in [6.45, 7) is 3.79. The number of fused-ring (bicyclic) bond motifs is 1. The average molecular weight is 432 g/mol. The van der Waals surface area contributed by atoms with E-state index >= 15 is 0 Å². The number of hydrogen-bond acceptors (Lipinski definition) is 7. The second-order valence-electron chi connectivity index (χ2n) is 7.82. The first-order valence-corrected chi connectivity index (χ1v) is 11.3. The Morgan fingerprint density at radius 2 is 1.93 bits per heavy atom. The molecule has 2 aromatic heterocycles. The summed E-state index contributed by atoms with van der Waals surface area (Å²) >= 11 is 1.44. The Bertz CT molecular complexity index is 1030. The summed E-state index contributed by atoms with van der Waals surface area (Å²) in [7, 11) is 0. The summed E-state index contributed by atoms with van der Waals surface area (Å²) in [6.07, 6.45) is 6.49. The van der Waals surface area contributed by atoms with Crippen molar-refractivity contribution >= 4 is 35.4 Å². The molecular weight excluding hydrogens is 406 g/mol. The van der Waals surface area contributed by atoms with Crippen molar-refractivity contribution < 1.29 is 14.4 Å². The van der Waals surface area contributed by atoms with Crippen LogP contribution in [0.25, 0.3) is 5.78 Å². The van der Waals surface area contributed by atoms with Gasteiger partial charge in [0.1, 0.15) is 5.54 Å². The standard InChI is InChI=1S/C19H25N7O3S/c1-11-13(12(2)25-16(20-11)21-17(24-25)30-3)7-8-14(27)23-26-15(28)19(22-18(26)29)9-5-4-6-10-19/h4-10H2,1-3H3,(H,22,29)(H,23,27). The van der Waals surface area contributed by atoms with Crippen molar-refractivity contribution in [3.63, 3.8) is 0 Å². The van der Waals surface area contributed by atoms with Crippen molar-refractivity contribution in [2.45, 2.75) is 69.5 Å². The van der Waals surface area contributed by atoms with Gasteiger partial charge < -0.3 is 5.32 Å². The van der Waals surface area contributed by atoms with E-state index in [1.807, 2.05) is 20.1 Å². The molecule has 3 heterocycles. The van der Waals surface area contributed by atoms with Gasteiger partial charge in [-0.05, 0) is 44.9 Å². The third kappa shape index (κ3) is 3.51. The van der Waals surface area contributed by atoms with Crippen molar-refractivity contribution in [2.75, 3.05) is 6.26 Å². The summed E-state index contributed by atoms with van der Waals surface area (Å²) in [5, 5.41) is 8.68. The Balaban J connectivity index is 1.44. The molecule has 10 nitrogen and oxygen atoms in total. The van der Waals surface area contributed by atoms with E-state index in [1.165, 1.54) is 11.8 Å². The van der Waals surface area contributed by atoms with Crippen LogP contribution in [-0.4, -0.2) is 54.2 Å². The lowest BCUT2D eigenvalue weighted by Gasteiger charge is -2.30. The molecular formula is C19H25N7O3S. The predicted octanol–water partition coefficient (Wildman–Crippen LogP) is 1.68. The Hall–Kier alpha value is -2.69. The van der Waals surface area contributed by atoms with E-state index in [9.17, 15) is 14.4 Å². The van der Waals surface area contributed by atoms with Gasteiger partial charge in [0.15, 0.2) is 0 Å². The van der Waals surface area contributed by atoms with Gasteiger partial charge in [0.25, 0.3) is 11.7 Å². The predicted molar refractivity (Wildman–Crippen MR) is 110 cm³/mol. The lowest BCUT2D eigenvalue weighted by molar-refractivity contribution is -0.139. The number of imide groups is 1. The second kappa shape index (κ2) is 7.86. The number of aromatic nitrogens is 4. The van der Waals surface area contributed by atoms with Gasteiger partial charge in [0.2, 0.25) is 11.1 Å². The van der Waals surface area contributed by atoms with E-state index in [2.05, 4.69) is 25.8 Å². The van der Waals surface area contributed by atoms with Gasteiger partial charge in [-0.2, -0.15) is 9.99 Å². The maximum Gasteiger partial charge on any atom is 0.344 e. The molecule has 2 aliphatic rings. The molecule has 1 spiro atoms. The van der Waals surface area contributed by atoms with E-state index in [-0.39, 0.29) is 12.3 Å². The molecule has 0 atom stereocenters. The molecule has 30 heavy (non-hydrogen) atoms. The van der Waals surface area contributed by atoms with Gasteiger partial charge in [-0.3, -0.25) is 15.0 Å². The molecule has 160 valence electrons. The first kappa shape index (κ1) is 20.6. The fourth-order valence-corrected chi connectivity index (χ4v) is 4.61. The topological polar surface area (TPSA) is 122 Å². The molecule has 2 fully saturated rings. The van der Waals surface area contributed by atoms with Gasteiger partial charge in [-0.1, -0.05) is 31.0 Å². The van der Waals surface area contributed by atoms with Crippen LogP contribution in [0.4, 0.5) is 4.79 Å². The summed E-state index contributed by atoms with van der Waals surface area (Å²) in [5.74, 6) is -0.225. The molecule has 1 aliphatic carbocycles. The van der Waals surface area contributed by atoms with Crippen LogP contribution in [0.3, 0.4) is 0 Å². The molecule has 0 aromatic carbocycles. The first-order chi connectivity index (χ1) is 14.3. The van der Waals surface area contributed by atoms with E-state index in [0.717, 1.165) is 41.2 Å². The Morgan fingerprint density at radius 1 is 1.20 bits per heavy atom. The van der Waals surface area contributed by atoms with Crippen LogP contribution >= 0.6 is 11.8 Å². The number of aryl methyl sites for hydroxylation is 2. The number of amides is 4. The zero-order chi connectivity index (χ0) is 21.5. The molecule has 1 saturated carbocycles. The summed E-state index contributed by atoms with van der Waals surface area (Å²) in [6, 6.07) is -0.557. The molecule has 4 rings (SSSR count). The molecule has 2 N–H and O–H groups in total. The molecule has 0 unspecified atom stereocenters. The summed E-state index contributed by atoms with van der Waals surface area (Å²) < 4.78 is 1.68. The van der Waals surface area contributed by atoms with Gasteiger partial charge in [-0.15, -0.1) is 5.10 Å². The smallest absolute Gasteiger partial charge is 0.322 e. The zero-order valence-corrected chi connectivity index (χ0v) is 18.1. The van der Waals surface area contributed by atoms with E-state index in [1.54, 1.807) is 4.52 Å². The highest BCUT2D eigenvalue weighted by Crippen LogP contribution is 2.33. The van der Waals surface area contributed by atoms with Crippen LogP contribution in [0.2, 0.25) is 0 Å². The van der Waals surface area contributed by atoms with Crippen LogP contribution in [0.5, 0.6) is 0 Å². The van der Waals surface area contributed by atoms with E-state index < -0.39 is 17.5 Å². The Kier molecular flexibility index (Phi) is 5.39. The van der Waals surface area contributed by atoms with Gasteiger partial charge in [0.05, 0.1) is 0 Å². The molecule has 1 aliphatic heterocycles. The van der Waals surface area contributed by atoms with E-state index in [0.29, 0.717) is 30.2 Å². The van der Waals surface area contributed by atoms with Crippen molar-refractivity contribution in [3.8, 4) is 0 Å². The van der Waals surface area contributed by atoms with Crippen LogP contribution in [-0.2, 0) is 16.0 Å². The van der Waals surface area contributed by atoms with E-state index in [4.69, 9.17) is 0 Å². The number of thioether (sulfide) groups is 1. The lowest BCUT2D eigenvalue weighted by atomic mass is 9.82. The molecule has 0 bridgehead atoms. The quantitative estimate of drug-likeness (QED) is 0.546. The number of hydrogen-bond donors (Lipinski definition) is 2. The fourth-order valence-electron chi connectivity index (χ4n) is 4.27. The Morgan fingerprint density at radius 3 is 2.63 bits per heavy atom. The third-order valence-corrected chi connectivity index (χ3v) is 6.46. The lowest BCUT2D eigenvalue weighted by Crippen LogP contribution is -2.51. The maximum atomic E-state index is 12.8. The van der Waals surface area contributed by atoms with Crippen LogP contribution < -0.4 is 10.7 Å². The highest BCUT2D eigenvalue weighted by atomic mass is 32.2. The van der Waals surface area contributed by atoms with Crippen molar-refractivity contribution in [2.24, 2.45) is 0 Å². The minimum absolute atomic E-state index is 0.114. The zero-order valence-electron chi connectivity index (χ0n) is 17.3. The number of nitrogens with one attached hydrogen (secondary N) is 2. The number of rotatable bonds is 5. The van der Waals surface area contributed by atoms with Gasteiger partial charge in [-0.25, -0.2) is 14.3 Å². The highest BCUT2D eigenvalue weighted by Gasteiger charge is 2.52. The molecule has 2 aromatic rings. The average Bonchev–Trinajstić information content (AvgIpc) is 3.23. The Labute approximate surface area is 178 Å². The third-order valence-electron chi connectivity index (χ3n) is 5.92. The van der Waals surface area contributed by atoms with Crippen molar-refractivity contribution in [3.05, 3.63) is 17.0 Å². The summed E-state index contributed by atoms with van der Waals surface area (Å²) in [5.41, 5.74) is 4.18. The van der Waals surface area contributed by atoms with Gasteiger partial charge >= 0.3 is 6.03 Å². The number of hydrazine groups is 1. The largest absolute Gasteiger partial charge is 0.344 e. The van der Waals surface area contributed by atoms with Crippen molar-refractivity contribution in [1.82, 2.24) is 35.3 Å². The fraction of sp³-hybridized carbons (Fsp3) is 0.579. The second-order valence-corrected chi connectivity index (χ2v) is 8.59. The van der Waals surface area contributed by atoms with Gasteiger partial charge in [0, 0.05) is 17.8 Å². The van der Waals surface area contributed by atoms with Crippen molar-refractivity contribution in [1.29, 1.82) is 0 Å².